The van der Waals surface area contributed by atoms with Crippen LogP contribution in [0.25, 0.3) is 81.7 Å². The highest BCUT2D eigenvalue weighted by Crippen LogP contribution is 2.52. The fourth-order valence-corrected chi connectivity index (χ4v) is 8.38. The topological polar surface area (TPSA) is 4.93 Å². The second-order valence-corrected chi connectivity index (χ2v) is 12.9. The van der Waals surface area contributed by atoms with Crippen molar-refractivity contribution in [2.45, 2.75) is 19.3 Å². The Hall–Kier alpha value is -5.40. The van der Waals surface area contributed by atoms with Crippen molar-refractivity contribution in [3.63, 3.8) is 0 Å². The van der Waals surface area contributed by atoms with Crippen molar-refractivity contribution in [2.75, 3.05) is 0 Å². The van der Waals surface area contributed by atoms with Crippen molar-refractivity contribution < 1.29 is 0 Å². The Morgan fingerprint density at radius 1 is 0.455 bits per heavy atom. The third-order valence-corrected chi connectivity index (χ3v) is 10.3. The second-order valence-electron chi connectivity index (χ2n) is 12.9. The van der Waals surface area contributed by atoms with Gasteiger partial charge in [-0.05, 0) is 84.0 Å². The van der Waals surface area contributed by atoms with Crippen LogP contribution in [0, 0.1) is 0 Å². The maximum Gasteiger partial charge on any atom is 0.0626 e. The van der Waals surface area contributed by atoms with E-state index in [1.807, 2.05) is 0 Å². The fraction of sp³-hybridized carbons (Fsp3) is 0.0698. The van der Waals surface area contributed by atoms with Crippen molar-refractivity contribution in [2.24, 2.45) is 0 Å². The lowest BCUT2D eigenvalue weighted by molar-refractivity contribution is 0.645. The molecule has 8 aromatic carbocycles. The number of para-hydroxylation sites is 1. The molecule has 0 aliphatic heterocycles. The van der Waals surface area contributed by atoms with Gasteiger partial charge in [0.2, 0.25) is 0 Å². The number of nitrogens with zero attached hydrogens (tertiary/aromatic N) is 1. The molecule has 0 amide bonds. The molecule has 10 rings (SSSR count). The highest BCUT2D eigenvalue weighted by Gasteiger charge is 2.35. The predicted molar refractivity (Wildman–Crippen MR) is 188 cm³/mol. The second kappa shape index (κ2) is 8.36. The third kappa shape index (κ3) is 2.94. The SMILES string of the molecule is CC1(C)c2ccccc2-c2c3c1cccc3cc1c3ccccc3n(-c3ccc4c5ccccc5c5ccccc5c4c3)c21. The first-order chi connectivity index (χ1) is 21.6. The maximum absolute atomic E-state index is 2.54. The molecule has 0 fully saturated rings. The molecule has 1 aromatic heterocycles. The first kappa shape index (κ1) is 24.1. The highest BCUT2D eigenvalue weighted by molar-refractivity contribution is 6.26. The van der Waals surface area contributed by atoms with E-state index >= 15 is 0 Å². The van der Waals surface area contributed by atoms with Crippen LogP contribution in [0.4, 0.5) is 0 Å². The summed E-state index contributed by atoms with van der Waals surface area (Å²) in [7, 11) is 0. The summed E-state index contributed by atoms with van der Waals surface area (Å²) in [5, 5.41) is 13.1. The summed E-state index contributed by atoms with van der Waals surface area (Å²) in [6.07, 6.45) is 0. The van der Waals surface area contributed by atoms with Gasteiger partial charge in [-0.15, -0.1) is 0 Å². The van der Waals surface area contributed by atoms with Crippen LogP contribution in [-0.2, 0) is 5.41 Å². The molecule has 44 heavy (non-hydrogen) atoms. The fourth-order valence-electron chi connectivity index (χ4n) is 8.38. The average Bonchev–Trinajstić information content (AvgIpc) is 3.40. The van der Waals surface area contributed by atoms with Crippen LogP contribution in [0.2, 0.25) is 0 Å². The Labute approximate surface area is 255 Å². The minimum absolute atomic E-state index is 0.0868. The molecule has 1 aliphatic rings. The van der Waals surface area contributed by atoms with Crippen molar-refractivity contribution in [1.82, 2.24) is 4.57 Å². The molecule has 1 heteroatoms. The van der Waals surface area contributed by atoms with Gasteiger partial charge in [0, 0.05) is 27.4 Å². The van der Waals surface area contributed by atoms with Gasteiger partial charge in [0.1, 0.15) is 0 Å². The van der Waals surface area contributed by atoms with Crippen LogP contribution < -0.4 is 0 Å². The predicted octanol–water partition coefficient (Wildman–Crippen LogP) is 11.7. The minimum Gasteiger partial charge on any atom is -0.309 e. The van der Waals surface area contributed by atoms with Gasteiger partial charge in [-0.1, -0.05) is 129 Å². The summed E-state index contributed by atoms with van der Waals surface area (Å²) in [5.74, 6) is 0. The van der Waals surface area contributed by atoms with E-state index < -0.39 is 0 Å². The summed E-state index contributed by atoms with van der Waals surface area (Å²) in [6.45, 7) is 4.75. The Morgan fingerprint density at radius 2 is 1.05 bits per heavy atom. The molecule has 0 atom stereocenters. The normalized spacial score (nSPS) is 13.9. The van der Waals surface area contributed by atoms with Crippen LogP contribution in [0.15, 0.2) is 140 Å². The minimum atomic E-state index is -0.0868. The number of hydrogen-bond donors (Lipinski definition) is 0. The Bertz CT molecular complexity index is 2650. The largest absolute Gasteiger partial charge is 0.309 e. The quantitative estimate of drug-likeness (QED) is 0.176. The molecule has 0 unspecified atom stereocenters. The molecule has 0 saturated heterocycles. The Kier molecular flexibility index (Phi) is 4.58. The summed E-state index contributed by atoms with van der Waals surface area (Å²) in [6, 6.07) is 52.1. The number of aromatic nitrogens is 1. The van der Waals surface area contributed by atoms with Gasteiger partial charge in [-0.2, -0.15) is 0 Å². The van der Waals surface area contributed by atoms with Gasteiger partial charge in [-0.3, -0.25) is 0 Å². The molecule has 0 bridgehead atoms. The van der Waals surface area contributed by atoms with Crippen molar-refractivity contribution >= 4 is 64.9 Å². The zero-order chi connectivity index (χ0) is 29.2. The third-order valence-electron chi connectivity index (χ3n) is 10.3. The summed E-state index contributed by atoms with van der Waals surface area (Å²) in [4.78, 5) is 0. The first-order valence-electron chi connectivity index (χ1n) is 15.5. The van der Waals surface area contributed by atoms with Gasteiger partial charge in [-0.25, -0.2) is 0 Å². The molecular formula is C43H29N. The summed E-state index contributed by atoms with van der Waals surface area (Å²) >= 11 is 0. The van der Waals surface area contributed by atoms with Crippen LogP contribution >= 0.6 is 0 Å². The van der Waals surface area contributed by atoms with Crippen LogP contribution in [0.5, 0.6) is 0 Å². The monoisotopic (exact) mass is 559 g/mol. The molecule has 0 spiro atoms. The molecule has 9 aromatic rings. The van der Waals surface area contributed by atoms with E-state index in [1.165, 1.54) is 92.8 Å². The molecule has 206 valence electrons. The highest BCUT2D eigenvalue weighted by atomic mass is 15.0. The van der Waals surface area contributed by atoms with Crippen LogP contribution in [-0.4, -0.2) is 4.57 Å². The van der Waals surface area contributed by atoms with Crippen molar-refractivity contribution in [3.05, 3.63) is 151 Å². The van der Waals surface area contributed by atoms with Gasteiger partial charge < -0.3 is 4.57 Å². The van der Waals surface area contributed by atoms with Gasteiger partial charge in [0.25, 0.3) is 0 Å². The standard InChI is InChI=1S/C43H29N/c1-43(2)37-19-9-7-18-34(37)41-40-26(12-11-20-38(40)43)24-36-33-17-8-10-21-39(33)44(42(36)41)27-22-23-32-30-15-4-3-13-28(30)29-14-5-6-16-31(29)35(32)25-27/h3-25H,1-2H3. The lowest BCUT2D eigenvalue weighted by Gasteiger charge is -2.35. The molecule has 0 N–H and O–H groups in total. The van der Waals surface area contributed by atoms with E-state index in [1.54, 1.807) is 0 Å². The van der Waals surface area contributed by atoms with Gasteiger partial charge in [0.05, 0.1) is 11.0 Å². The van der Waals surface area contributed by atoms with Crippen molar-refractivity contribution in [3.8, 4) is 16.8 Å². The van der Waals surface area contributed by atoms with Crippen LogP contribution in [0.1, 0.15) is 25.0 Å². The molecule has 1 nitrogen and oxygen atoms in total. The summed E-state index contributed by atoms with van der Waals surface area (Å²) < 4.78 is 2.54. The molecule has 1 aliphatic carbocycles. The average molecular weight is 560 g/mol. The van der Waals surface area contributed by atoms with Gasteiger partial charge >= 0.3 is 0 Å². The van der Waals surface area contributed by atoms with E-state index in [-0.39, 0.29) is 5.41 Å². The molecular weight excluding hydrogens is 530 g/mol. The number of benzene rings is 8. The molecule has 1 heterocycles. The zero-order valence-electron chi connectivity index (χ0n) is 24.7. The molecule has 0 saturated carbocycles. The van der Waals surface area contributed by atoms with E-state index in [2.05, 4.69) is 158 Å². The van der Waals surface area contributed by atoms with E-state index in [0.717, 1.165) is 0 Å². The summed E-state index contributed by atoms with van der Waals surface area (Å²) in [5.41, 5.74) is 9.12. The lowest BCUT2D eigenvalue weighted by Crippen LogP contribution is -2.23. The molecule has 0 radical (unpaired) electrons. The lowest BCUT2D eigenvalue weighted by atomic mass is 9.68. The first-order valence-corrected chi connectivity index (χ1v) is 15.5. The number of hydrogen-bond acceptors (Lipinski definition) is 0. The Balaban J connectivity index is 1.43. The van der Waals surface area contributed by atoms with Crippen LogP contribution in [0.3, 0.4) is 0 Å². The maximum atomic E-state index is 2.54. The number of fused-ring (bicyclic) bond motifs is 12. The van der Waals surface area contributed by atoms with Gasteiger partial charge in [0.15, 0.2) is 0 Å². The van der Waals surface area contributed by atoms with E-state index in [0.29, 0.717) is 0 Å². The van der Waals surface area contributed by atoms with E-state index in [4.69, 9.17) is 0 Å². The van der Waals surface area contributed by atoms with Crippen molar-refractivity contribution in [1.29, 1.82) is 0 Å². The zero-order valence-corrected chi connectivity index (χ0v) is 24.7. The Morgan fingerprint density at radius 3 is 1.80 bits per heavy atom. The van der Waals surface area contributed by atoms with E-state index in [9.17, 15) is 0 Å². The smallest absolute Gasteiger partial charge is 0.0626 e. The number of rotatable bonds is 1.